The van der Waals surface area contributed by atoms with Crippen LogP contribution in [0.15, 0.2) is 24.3 Å². The molecule has 2 aromatic rings. The zero-order valence-corrected chi connectivity index (χ0v) is 13.7. The maximum atomic E-state index is 11.8. The molecule has 1 atom stereocenters. The van der Waals surface area contributed by atoms with Crippen LogP contribution in [0.25, 0.3) is 10.1 Å². The molecule has 1 fully saturated rings. The highest BCUT2D eigenvalue weighted by Gasteiger charge is 2.16. The first-order valence-electron chi connectivity index (χ1n) is 7.36. The molecule has 1 aromatic heterocycles. The summed E-state index contributed by atoms with van der Waals surface area (Å²) in [7, 11) is 0. The summed E-state index contributed by atoms with van der Waals surface area (Å²) >= 11 is 7.95. The predicted octanol–water partition coefficient (Wildman–Crippen LogP) is 3.37. The first-order valence-corrected chi connectivity index (χ1v) is 8.55. The van der Waals surface area contributed by atoms with Crippen molar-refractivity contribution in [3.05, 3.63) is 34.2 Å². The number of halogens is 1. The van der Waals surface area contributed by atoms with E-state index < -0.39 is 0 Å². The topological polar surface area (TPSA) is 47.6 Å². The highest BCUT2D eigenvalue weighted by atomic mass is 35.5. The van der Waals surface area contributed by atoms with Crippen molar-refractivity contribution in [2.45, 2.75) is 25.5 Å². The van der Waals surface area contributed by atoms with Crippen molar-refractivity contribution in [1.82, 2.24) is 5.32 Å². The van der Waals surface area contributed by atoms with Gasteiger partial charge in [0.25, 0.3) is 0 Å². The highest BCUT2D eigenvalue weighted by Crippen LogP contribution is 2.34. The van der Waals surface area contributed by atoms with Gasteiger partial charge in [-0.2, -0.15) is 0 Å². The SMILES string of the molecule is O=C(COC[C@H]1CCCO1)NCc1sc2ccccc2c1Cl. The van der Waals surface area contributed by atoms with Crippen molar-refractivity contribution >= 4 is 38.9 Å². The number of nitrogens with one attached hydrogen (secondary N) is 1. The molecular formula is C16H18ClNO3S. The van der Waals surface area contributed by atoms with E-state index in [0.29, 0.717) is 13.2 Å². The Labute approximate surface area is 138 Å². The Hall–Kier alpha value is -1.14. The zero-order chi connectivity index (χ0) is 15.4. The van der Waals surface area contributed by atoms with Gasteiger partial charge in [-0.05, 0) is 18.9 Å². The Morgan fingerprint density at radius 2 is 2.32 bits per heavy atom. The summed E-state index contributed by atoms with van der Waals surface area (Å²) in [6.07, 6.45) is 2.23. The Morgan fingerprint density at radius 1 is 1.45 bits per heavy atom. The van der Waals surface area contributed by atoms with Gasteiger partial charge in [-0.15, -0.1) is 11.3 Å². The molecule has 4 nitrogen and oxygen atoms in total. The van der Waals surface area contributed by atoms with Crippen molar-refractivity contribution in [3.8, 4) is 0 Å². The Morgan fingerprint density at radius 3 is 3.09 bits per heavy atom. The lowest BCUT2D eigenvalue weighted by Crippen LogP contribution is -2.28. The number of rotatable bonds is 6. The Kier molecular flexibility index (Phi) is 5.31. The number of fused-ring (bicyclic) bond motifs is 1. The third kappa shape index (κ3) is 3.79. The van der Waals surface area contributed by atoms with Gasteiger partial charge in [-0.1, -0.05) is 29.8 Å². The average molecular weight is 340 g/mol. The standard InChI is InChI=1S/C16H18ClNO3S/c17-16-12-5-1-2-6-13(12)22-14(16)8-18-15(19)10-20-9-11-4-3-7-21-11/h1-2,5-6,11H,3-4,7-10H2,(H,18,19)/t11-/m1/s1. The summed E-state index contributed by atoms with van der Waals surface area (Å²) in [5.41, 5.74) is 0. The van der Waals surface area contributed by atoms with Gasteiger partial charge >= 0.3 is 0 Å². The lowest BCUT2D eigenvalue weighted by molar-refractivity contribution is -0.126. The van der Waals surface area contributed by atoms with Crippen LogP contribution in [0, 0.1) is 0 Å². The van der Waals surface area contributed by atoms with E-state index >= 15 is 0 Å². The number of ether oxygens (including phenoxy) is 2. The fraction of sp³-hybridized carbons (Fsp3) is 0.438. The van der Waals surface area contributed by atoms with Crippen molar-refractivity contribution in [2.75, 3.05) is 19.8 Å². The monoisotopic (exact) mass is 339 g/mol. The summed E-state index contributed by atoms with van der Waals surface area (Å²) in [4.78, 5) is 12.8. The van der Waals surface area contributed by atoms with Crippen LogP contribution >= 0.6 is 22.9 Å². The van der Waals surface area contributed by atoms with Crippen molar-refractivity contribution in [1.29, 1.82) is 0 Å². The molecule has 1 amide bonds. The number of benzene rings is 1. The molecule has 0 bridgehead atoms. The number of carbonyl (C=O) groups is 1. The van der Waals surface area contributed by atoms with Crippen LogP contribution in [0.3, 0.4) is 0 Å². The molecule has 0 saturated carbocycles. The largest absolute Gasteiger partial charge is 0.376 e. The Balaban J connectivity index is 1.46. The van der Waals surface area contributed by atoms with E-state index in [0.717, 1.165) is 39.4 Å². The van der Waals surface area contributed by atoms with E-state index in [1.807, 2.05) is 24.3 Å². The summed E-state index contributed by atoms with van der Waals surface area (Å²) in [6, 6.07) is 7.96. The number of amides is 1. The first kappa shape index (κ1) is 15.7. The fourth-order valence-electron chi connectivity index (χ4n) is 2.47. The van der Waals surface area contributed by atoms with Crippen molar-refractivity contribution < 1.29 is 14.3 Å². The third-order valence-corrected chi connectivity index (χ3v) is 5.32. The molecule has 1 aliphatic heterocycles. The molecule has 3 rings (SSSR count). The maximum Gasteiger partial charge on any atom is 0.246 e. The van der Waals surface area contributed by atoms with E-state index in [-0.39, 0.29) is 18.6 Å². The number of hydrogen-bond acceptors (Lipinski definition) is 4. The summed E-state index contributed by atoms with van der Waals surface area (Å²) < 4.78 is 12.0. The number of thiophene rings is 1. The van der Waals surface area contributed by atoms with Crippen LogP contribution in [0.5, 0.6) is 0 Å². The third-order valence-electron chi connectivity index (χ3n) is 3.61. The van der Waals surface area contributed by atoms with E-state index in [1.54, 1.807) is 11.3 Å². The molecule has 118 valence electrons. The molecule has 2 heterocycles. The van der Waals surface area contributed by atoms with Crippen molar-refractivity contribution in [2.24, 2.45) is 0 Å². The zero-order valence-electron chi connectivity index (χ0n) is 12.1. The molecule has 22 heavy (non-hydrogen) atoms. The maximum absolute atomic E-state index is 11.8. The van der Waals surface area contributed by atoms with Crippen LogP contribution in [-0.2, 0) is 20.8 Å². The van der Waals surface area contributed by atoms with Gasteiger partial charge in [-0.25, -0.2) is 0 Å². The lowest BCUT2D eigenvalue weighted by Gasteiger charge is -2.10. The van der Waals surface area contributed by atoms with Crippen LogP contribution in [-0.4, -0.2) is 31.8 Å². The van der Waals surface area contributed by atoms with Gasteiger partial charge in [0.2, 0.25) is 5.91 Å². The second kappa shape index (κ2) is 7.42. The number of hydrogen-bond donors (Lipinski definition) is 1. The van der Waals surface area contributed by atoms with Gasteiger partial charge in [0, 0.05) is 21.6 Å². The average Bonchev–Trinajstić information content (AvgIpc) is 3.14. The summed E-state index contributed by atoms with van der Waals surface area (Å²) in [5, 5.41) is 4.61. The molecule has 6 heteroatoms. The van der Waals surface area contributed by atoms with Crippen LogP contribution in [0.4, 0.5) is 0 Å². The smallest absolute Gasteiger partial charge is 0.246 e. The van der Waals surface area contributed by atoms with Gasteiger partial charge < -0.3 is 14.8 Å². The molecule has 0 spiro atoms. The highest BCUT2D eigenvalue weighted by molar-refractivity contribution is 7.19. The molecule has 0 unspecified atom stereocenters. The van der Waals surface area contributed by atoms with E-state index in [1.165, 1.54) is 0 Å². The summed E-state index contributed by atoms with van der Waals surface area (Å²) in [5.74, 6) is -0.133. The van der Waals surface area contributed by atoms with E-state index in [4.69, 9.17) is 21.1 Å². The second-order valence-corrected chi connectivity index (χ2v) is 6.78. The van der Waals surface area contributed by atoms with Gasteiger partial charge in [-0.3, -0.25) is 4.79 Å². The molecule has 0 radical (unpaired) electrons. The van der Waals surface area contributed by atoms with Gasteiger partial charge in [0.15, 0.2) is 0 Å². The minimum absolute atomic E-state index is 0.0579. The van der Waals surface area contributed by atoms with Crippen LogP contribution in [0.2, 0.25) is 5.02 Å². The minimum Gasteiger partial charge on any atom is -0.376 e. The number of carbonyl (C=O) groups excluding carboxylic acids is 1. The Bertz CT molecular complexity index is 652. The lowest BCUT2D eigenvalue weighted by atomic mass is 10.2. The first-order chi connectivity index (χ1) is 10.7. The van der Waals surface area contributed by atoms with Gasteiger partial charge in [0.05, 0.1) is 24.3 Å². The molecule has 1 N–H and O–H groups in total. The second-order valence-electron chi connectivity index (χ2n) is 5.26. The van der Waals surface area contributed by atoms with Crippen LogP contribution in [0.1, 0.15) is 17.7 Å². The van der Waals surface area contributed by atoms with Crippen LogP contribution < -0.4 is 5.32 Å². The minimum atomic E-state index is -0.133. The molecule has 1 aliphatic rings. The quantitative estimate of drug-likeness (QED) is 0.877. The van der Waals surface area contributed by atoms with Gasteiger partial charge in [0.1, 0.15) is 6.61 Å². The predicted molar refractivity (Wildman–Crippen MR) is 88.5 cm³/mol. The summed E-state index contributed by atoms with van der Waals surface area (Å²) in [6.45, 7) is 1.77. The van der Waals surface area contributed by atoms with E-state index in [2.05, 4.69) is 5.32 Å². The van der Waals surface area contributed by atoms with Crippen molar-refractivity contribution in [3.63, 3.8) is 0 Å². The molecule has 1 aromatic carbocycles. The normalized spacial score (nSPS) is 18.0. The molecule has 0 aliphatic carbocycles. The molecule has 1 saturated heterocycles. The molecular weight excluding hydrogens is 322 g/mol. The van der Waals surface area contributed by atoms with E-state index in [9.17, 15) is 4.79 Å². The fourth-order valence-corrected chi connectivity index (χ4v) is 3.91.